The lowest BCUT2D eigenvalue weighted by molar-refractivity contribution is 0.803. The Hall–Kier alpha value is -1.81. The molecule has 0 radical (unpaired) electrons. The molecule has 2 aromatic heterocycles. The Kier molecular flexibility index (Phi) is 3.27. The number of aromatic nitrogens is 3. The van der Waals surface area contributed by atoms with Crippen LogP contribution in [0.15, 0.2) is 17.2 Å². The fraction of sp³-hybridized carbons (Fsp3) is 0.368. The van der Waals surface area contributed by atoms with Gasteiger partial charge in [-0.15, -0.1) is 11.8 Å². The standard InChI is InChI=1S/C19H21N3S/c1-10-8-11(2)16(12(3)9-10)17-14(5)21-22-18(17)20-13(4)15-6-7-23-19(15)22/h8-9H,6-7H2,1-5H3. The summed E-state index contributed by atoms with van der Waals surface area (Å²) in [6.45, 7) is 10.8. The third-order valence-electron chi connectivity index (χ3n) is 4.71. The summed E-state index contributed by atoms with van der Waals surface area (Å²) in [6, 6.07) is 4.50. The van der Waals surface area contributed by atoms with Crippen molar-refractivity contribution in [2.75, 3.05) is 5.75 Å². The van der Waals surface area contributed by atoms with E-state index in [1.807, 2.05) is 11.8 Å². The zero-order valence-electron chi connectivity index (χ0n) is 14.3. The van der Waals surface area contributed by atoms with E-state index in [4.69, 9.17) is 10.1 Å². The van der Waals surface area contributed by atoms with E-state index in [9.17, 15) is 0 Å². The smallest absolute Gasteiger partial charge is 0.164 e. The minimum Gasteiger partial charge on any atom is -0.233 e. The fourth-order valence-corrected chi connectivity index (χ4v) is 4.99. The molecule has 0 amide bonds. The first-order valence-electron chi connectivity index (χ1n) is 8.07. The molecule has 0 atom stereocenters. The number of rotatable bonds is 1. The molecule has 0 saturated heterocycles. The van der Waals surface area contributed by atoms with E-state index in [0.717, 1.165) is 29.2 Å². The monoisotopic (exact) mass is 323 g/mol. The number of fused-ring (bicyclic) bond motifs is 3. The molecular weight excluding hydrogens is 302 g/mol. The van der Waals surface area contributed by atoms with Crippen LogP contribution >= 0.6 is 11.8 Å². The molecule has 1 aliphatic heterocycles. The lowest BCUT2D eigenvalue weighted by Crippen LogP contribution is -2.01. The van der Waals surface area contributed by atoms with E-state index in [2.05, 4.69) is 51.3 Å². The van der Waals surface area contributed by atoms with Crippen molar-refractivity contribution in [3.05, 3.63) is 45.8 Å². The summed E-state index contributed by atoms with van der Waals surface area (Å²) in [6.07, 6.45) is 1.10. The number of aryl methyl sites for hydroxylation is 5. The number of benzene rings is 1. The lowest BCUT2D eigenvalue weighted by Gasteiger charge is -2.12. The van der Waals surface area contributed by atoms with Crippen LogP contribution in [0.3, 0.4) is 0 Å². The summed E-state index contributed by atoms with van der Waals surface area (Å²) in [5, 5.41) is 6.12. The Morgan fingerprint density at radius 2 is 1.65 bits per heavy atom. The van der Waals surface area contributed by atoms with Crippen LogP contribution in [-0.2, 0) is 6.42 Å². The highest BCUT2D eigenvalue weighted by Crippen LogP contribution is 2.38. The molecule has 118 valence electrons. The van der Waals surface area contributed by atoms with Crippen molar-refractivity contribution in [3.8, 4) is 11.1 Å². The lowest BCUT2D eigenvalue weighted by atomic mass is 9.94. The predicted molar refractivity (Wildman–Crippen MR) is 96.5 cm³/mol. The van der Waals surface area contributed by atoms with Gasteiger partial charge in [0.1, 0.15) is 5.03 Å². The molecule has 3 heterocycles. The molecular formula is C19H21N3S. The van der Waals surface area contributed by atoms with E-state index in [1.165, 1.54) is 38.4 Å². The Bertz CT molecular complexity index is 930. The van der Waals surface area contributed by atoms with Crippen LogP contribution < -0.4 is 0 Å². The summed E-state index contributed by atoms with van der Waals surface area (Å²) >= 11 is 1.90. The molecule has 3 aromatic rings. The third kappa shape index (κ3) is 2.12. The average Bonchev–Trinajstić information content (AvgIpc) is 3.05. The Labute approximate surface area is 141 Å². The van der Waals surface area contributed by atoms with Gasteiger partial charge in [-0.1, -0.05) is 17.7 Å². The second kappa shape index (κ2) is 5.10. The van der Waals surface area contributed by atoms with E-state index < -0.39 is 0 Å². The van der Waals surface area contributed by atoms with Gasteiger partial charge < -0.3 is 0 Å². The highest BCUT2D eigenvalue weighted by atomic mass is 32.2. The highest BCUT2D eigenvalue weighted by molar-refractivity contribution is 7.99. The summed E-state index contributed by atoms with van der Waals surface area (Å²) in [5.41, 5.74) is 11.0. The first-order chi connectivity index (χ1) is 11.0. The molecule has 0 unspecified atom stereocenters. The fourth-order valence-electron chi connectivity index (χ4n) is 3.82. The van der Waals surface area contributed by atoms with Crippen LogP contribution in [0.1, 0.15) is 33.6 Å². The number of nitrogens with zero attached hydrogens (tertiary/aromatic N) is 3. The molecule has 0 fully saturated rings. The summed E-state index contributed by atoms with van der Waals surface area (Å²) in [5.74, 6) is 1.13. The van der Waals surface area contributed by atoms with Crippen molar-refractivity contribution in [3.63, 3.8) is 0 Å². The molecule has 0 spiro atoms. The van der Waals surface area contributed by atoms with Crippen LogP contribution in [0.2, 0.25) is 0 Å². The van der Waals surface area contributed by atoms with Crippen molar-refractivity contribution in [1.82, 2.24) is 14.6 Å². The summed E-state index contributed by atoms with van der Waals surface area (Å²) in [7, 11) is 0. The molecule has 0 saturated carbocycles. The number of thioether (sulfide) groups is 1. The molecule has 3 nitrogen and oxygen atoms in total. The van der Waals surface area contributed by atoms with Crippen LogP contribution in [0.4, 0.5) is 0 Å². The van der Waals surface area contributed by atoms with E-state index in [1.54, 1.807) is 0 Å². The van der Waals surface area contributed by atoms with Crippen molar-refractivity contribution in [2.45, 2.75) is 46.1 Å². The first kappa shape index (κ1) is 14.8. The predicted octanol–water partition coefficient (Wildman–Crippen LogP) is 4.59. The number of hydrogen-bond acceptors (Lipinski definition) is 3. The van der Waals surface area contributed by atoms with Gasteiger partial charge in [-0.25, -0.2) is 9.50 Å². The van der Waals surface area contributed by atoms with Gasteiger partial charge in [0.2, 0.25) is 0 Å². The zero-order valence-corrected chi connectivity index (χ0v) is 15.1. The Morgan fingerprint density at radius 3 is 2.35 bits per heavy atom. The maximum absolute atomic E-state index is 4.94. The Balaban J connectivity index is 2.10. The largest absolute Gasteiger partial charge is 0.233 e. The molecule has 0 N–H and O–H groups in total. The van der Waals surface area contributed by atoms with Crippen LogP contribution in [0.25, 0.3) is 16.8 Å². The van der Waals surface area contributed by atoms with Crippen molar-refractivity contribution in [2.24, 2.45) is 0 Å². The normalized spacial score (nSPS) is 13.8. The molecule has 0 bridgehead atoms. The molecule has 0 aliphatic carbocycles. The maximum atomic E-state index is 4.94. The van der Waals surface area contributed by atoms with Gasteiger partial charge in [0.05, 0.1) is 11.3 Å². The van der Waals surface area contributed by atoms with E-state index in [-0.39, 0.29) is 0 Å². The molecule has 4 rings (SSSR count). The van der Waals surface area contributed by atoms with Crippen molar-refractivity contribution in [1.29, 1.82) is 0 Å². The maximum Gasteiger partial charge on any atom is 0.164 e. The second-order valence-corrected chi connectivity index (χ2v) is 7.63. The Morgan fingerprint density at radius 1 is 0.957 bits per heavy atom. The third-order valence-corrected chi connectivity index (χ3v) is 5.82. The van der Waals surface area contributed by atoms with Gasteiger partial charge in [-0.2, -0.15) is 5.10 Å². The minimum atomic E-state index is 1.00. The number of hydrogen-bond donors (Lipinski definition) is 0. The van der Waals surface area contributed by atoms with Crippen molar-refractivity contribution >= 4 is 17.4 Å². The summed E-state index contributed by atoms with van der Waals surface area (Å²) in [4.78, 5) is 4.94. The molecule has 4 heteroatoms. The topological polar surface area (TPSA) is 30.2 Å². The first-order valence-corrected chi connectivity index (χ1v) is 9.05. The van der Waals surface area contributed by atoms with Crippen LogP contribution in [0, 0.1) is 34.6 Å². The molecule has 1 aliphatic rings. The second-order valence-electron chi connectivity index (χ2n) is 6.55. The molecule has 23 heavy (non-hydrogen) atoms. The average molecular weight is 323 g/mol. The van der Waals surface area contributed by atoms with Gasteiger partial charge in [-0.3, -0.25) is 0 Å². The quantitative estimate of drug-likeness (QED) is 0.614. The van der Waals surface area contributed by atoms with Crippen LogP contribution in [-0.4, -0.2) is 20.4 Å². The van der Waals surface area contributed by atoms with E-state index in [0.29, 0.717) is 0 Å². The SMILES string of the molecule is Cc1cc(C)c(-c2c(C)nn3c4c(c(C)nc23)CCS4)c(C)c1. The van der Waals surface area contributed by atoms with Crippen molar-refractivity contribution < 1.29 is 0 Å². The van der Waals surface area contributed by atoms with Gasteiger partial charge in [0.15, 0.2) is 5.65 Å². The van der Waals surface area contributed by atoms with Gasteiger partial charge in [0.25, 0.3) is 0 Å². The van der Waals surface area contributed by atoms with E-state index >= 15 is 0 Å². The highest BCUT2D eigenvalue weighted by Gasteiger charge is 2.24. The zero-order chi connectivity index (χ0) is 16.3. The van der Waals surface area contributed by atoms with Gasteiger partial charge in [-0.05, 0) is 57.7 Å². The van der Waals surface area contributed by atoms with Crippen LogP contribution in [0.5, 0.6) is 0 Å². The minimum absolute atomic E-state index is 1.00. The summed E-state index contributed by atoms with van der Waals surface area (Å²) < 4.78 is 2.07. The molecule has 1 aromatic carbocycles. The van der Waals surface area contributed by atoms with Gasteiger partial charge in [0, 0.05) is 17.0 Å². The van der Waals surface area contributed by atoms with Gasteiger partial charge >= 0.3 is 0 Å².